The Morgan fingerprint density at radius 3 is 2.76 bits per heavy atom. The number of hydrogen-bond acceptors (Lipinski definition) is 4. The van der Waals surface area contributed by atoms with Crippen LogP contribution in [0, 0.1) is 11.3 Å². The lowest BCUT2D eigenvalue weighted by Gasteiger charge is -2.10. The van der Waals surface area contributed by atoms with E-state index >= 15 is 0 Å². The summed E-state index contributed by atoms with van der Waals surface area (Å²) < 4.78 is 0. The highest BCUT2D eigenvalue weighted by Gasteiger charge is 2.44. The molecular formula is C18H15ClN4O2. The van der Waals surface area contributed by atoms with Crippen LogP contribution in [0.25, 0.3) is 0 Å². The number of pyridine rings is 1. The highest BCUT2D eigenvalue weighted by Crippen LogP contribution is 2.34. The first kappa shape index (κ1) is 16.9. The minimum atomic E-state index is -0.759. The molecule has 1 aliphatic rings. The lowest BCUT2D eigenvalue weighted by molar-refractivity contribution is -0.115. The molecule has 0 spiro atoms. The summed E-state index contributed by atoms with van der Waals surface area (Å²) in [4.78, 5) is 28.3. The van der Waals surface area contributed by atoms with E-state index in [4.69, 9.17) is 16.9 Å². The molecule has 0 atom stereocenters. The van der Waals surface area contributed by atoms with E-state index in [0.29, 0.717) is 23.6 Å². The maximum Gasteiger partial charge on any atom is 0.271 e. The molecule has 2 amide bonds. The van der Waals surface area contributed by atoms with E-state index in [1.165, 1.54) is 12.3 Å². The van der Waals surface area contributed by atoms with Gasteiger partial charge in [0.15, 0.2) is 0 Å². The lowest BCUT2D eigenvalue weighted by Crippen LogP contribution is -2.36. The van der Waals surface area contributed by atoms with Crippen LogP contribution in [-0.4, -0.2) is 22.3 Å². The number of carbonyl (C=O) groups excluding carboxylic acids is 2. The Morgan fingerprint density at radius 1 is 1.28 bits per heavy atom. The minimum absolute atomic E-state index is 0.155. The fraction of sp³-hybridized carbons (Fsp3) is 0.222. The molecule has 7 heteroatoms. The largest absolute Gasteiger partial charge is 0.332 e. The third kappa shape index (κ3) is 4.34. The van der Waals surface area contributed by atoms with Crippen molar-refractivity contribution in [2.24, 2.45) is 0 Å². The van der Waals surface area contributed by atoms with Crippen molar-refractivity contribution >= 4 is 29.1 Å². The number of anilines is 1. The van der Waals surface area contributed by atoms with E-state index < -0.39 is 11.4 Å². The lowest BCUT2D eigenvalue weighted by atomic mass is 10.1. The van der Waals surface area contributed by atoms with Crippen LogP contribution in [0.4, 0.5) is 5.69 Å². The van der Waals surface area contributed by atoms with Crippen molar-refractivity contribution in [3.63, 3.8) is 0 Å². The highest BCUT2D eigenvalue weighted by molar-refractivity contribution is 6.30. The van der Waals surface area contributed by atoms with Gasteiger partial charge in [0.2, 0.25) is 5.91 Å². The summed E-state index contributed by atoms with van der Waals surface area (Å²) >= 11 is 5.91. The number of nitrogens with zero attached hydrogens (tertiary/aromatic N) is 2. The topological polar surface area (TPSA) is 94.9 Å². The second-order valence-electron chi connectivity index (χ2n) is 5.93. The summed E-state index contributed by atoms with van der Waals surface area (Å²) in [6, 6.07) is 12.2. The molecule has 25 heavy (non-hydrogen) atoms. The van der Waals surface area contributed by atoms with Crippen molar-refractivity contribution in [3.8, 4) is 6.07 Å². The molecular weight excluding hydrogens is 340 g/mol. The van der Waals surface area contributed by atoms with E-state index in [1.807, 2.05) is 6.07 Å². The van der Waals surface area contributed by atoms with Crippen LogP contribution >= 0.6 is 11.6 Å². The maximum absolute atomic E-state index is 12.2. The Labute approximate surface area is 149 Å². The molecule has 1 heterocycles. The van der Waals surface area contributed by atoms with Crippen molar-refractivity contribution < 1.29 is 9.59 Å². The number of rotatable bonds is 5. The number of nitriles is 1. The first-order valence-electron chi connectivity index (χ1n) is 7.74. The van der Waals surface area contributed by atoms with E-state index in [-0.39, 0.29) is 18.0 Å². The van der Waals surface area contributed by atoms with Crippen LogP contribution in [0.15, 0.2) is 42.6 Å². The number of hydrogen-bond donors (Lipinski definition) is 2. The van der Waals surface area contributed by atoms with Gasteiger partial charge >= 0.3 is 0 Å². The van der Waals surface area contributed by atoms with Gasteiger partial charge in [-0.3, -0.25) is 14.6 Å². The van der Waals surface area contributed by atoms with Crippen molar-refractivity contribution in [1.29, 1.82) is 5.26 Å². The quantitative estimate of drug-likeness (QED) is 0.863. The summed E-state index contributed by atoms with van der Waals surface area (Å²) in [6.07, 6.45) is 2.90. The Morgan fingerprint density at radius 2 is 2.08 bits per heavy atom. The van der Waals surface area contributed by atoms with Crippen molar-refractivity contribution in [2.75, 3.05) is 5.32 Å². The fourth-order valence-corrected chi connectivity index (χ4v) is 2.55. The first-order valence-corrected chi connectivity index (χ1v) is 8.12. The molecule has 1 aliphatic carbocycles. The minimum Gasteiger partial charge on any atom is -0.332 e. The van der Waals surface area contributed by atoms with E-state index in [9.17, 15) is 9.59 Å². The molecule has 0 unspecified atom stereocenters. The second kappa shape index (κ2) is 6.91. The van der Waals surface area contributed by atoms with Crippen molar-refractivity contribution in [3.05, 3.63) is 58.9 Å². The SMILES string of the molecule is N#CC1(NC(=O)c2cc(NC(=O)Cc3cccc(Cl)c3)ccn2)CC1. The molecule has 1 saturated carbocycles. The Hall–Kier alpha value is -2.91. The van der Waals surface area contributed by atoms with Gasteiger partial charge in [0.05, 0.1) is 12.5 Å². The maximum atomic E-state index is 12.2. The summed E-state index contributed by atoms with van der Waals surface area (Å²) in [6.45, 7) is 0. The van der Waals surface area contributed by atoms with Crippen molar-refractivity contribution in [2.45, 2.75) is 24.8 Å². The molecule has 1 fully saturated rings. The Kier molecular flexibility index (Phi) is 4.68. The number of benzene rings is 1. The molecule has 0 bridgehead atoms. The molecule has 0 saturated heterocycles. The number of aromatic nitrogens is 1. The number of carbonyl (C=O) groups is 2. The van der Waals surface area contributed by atoms with Crippen LogP contribution in [0.2, 0.25) is 5.02 Å². The molecule has 0 aliphatic heterocycles. The third-order valence-corrected chi connectivity index (χ3v) is 4.08. The summed E-state index contributed by atoms with van der Waals surface area (Å²) in [5, 5.41) is 15.0. The van der Waals surface area contributed by atoms with Gasteiger partial charge in [-0.2, -0.15) is 5.26 Å². The molecule has 2 N–H and O–H groups in total. The van der Waals surface area contributed by atoms with Gasteiger partial charge in [-0.25, -0.2) is 0 Å². The predicted molar refractivity (Wildman–Crippen MR) is 93.1 cm³/mol. The molecule has 3 rings (SSSR count). The monoisotopic (exact) mass is 354 g/mol. The van der Waals surface area contributed by atoms with Gasteiger partial charge in [-0.05, 0) is 42.7 Å². The van der Waals surface area contributed by atoms with Gasteiger partial charge in [0.1, 0.15) is 11.2 Å². The molecule has 2 aromatic rings. The average Bonchev–Trinajstić information content (AvgIpc) is 3.35. The average molecular weight is 355 g/mol. The van der Waals surface area contributed by atoms with E-state index in [1.54, 1.807) is 24.3 Å². The Balaban J connectivity index is 1.64. The third-order valence-electron chi connectivity index (χ3n) is 3.85. The number of amides is 2. The van der Waals surface area contributed by atoms with E-state index in [2.05, 4.69) is 21.7 Å². The molecule has 126 valence electrons. The Bertz CT molecular complexity index is 871. The molecule has 1 aromatic heterocycles. The van der Waals surface area contributed by atoms with Crippen LogP contribution < -0.4 is 10.6 Å². The summed E-state index contributed by atoms with van der Waals surface area (Å²) in [5.74, 6) is -0.652. The van der Waals surface area contributed by atoms with Crippen LogP contribution in [0.5, 0.6) is 0 Å². The normalized spacial score (nSPS) is 14.2. The van der Waals surface area contributed by atoms with Gasteiger partial charge in [0, 0.05) is 16.9 Å². The zero-order chi connectivity index (χ0) is 17.9. The van der Waals surface area contributed by atoms with Gasteiger partial charge in [-0.1, -0.05) is 23.7 Å². The zero-order valence-corrected chi connectivity index (χ0v) is 14.0. The van der Waals surface area contributed by atoms with Gasteiger partial charge < -0.3 is 10.6 Å². The smallest absolute Gasteiger partial charge is 0.271 e. The summed E-state index contributed by atoms with van der Waals surface area (Å²) in [7, 11) is 0. The van der Waals surface area contributed by atoms with Gasteiger partial charge in [0.25, 0.3) is 5.91 Å². The number of halogens is 1. The summed E-state index contributed by atoms with van der Waals surface area (Å²) in [5.41, 5.74) is 0.655. The molecule has 6 nitrogen and oxygen atoms in total. The second-order valence-corrected chi connectivity index (χ2v) is 6.37. The first-order chi connectivity index (χ1) is 12.0. The van der Waals surface area contributed by atoms with Crippen LogP contribution in [-0.2, 0) is 11.2 Å². The van der Waals surface area contributed by atoms with Gasteiger partial charge in [-0.15, -0.1) is 0 Å². The van der Waals surface area contributed by atoms with Crippen LogP contribution in [0.1, 0.15) is 28.9 Å². The van der Waals surface area contributed by atoms with E-state index in [0.717, 1.165) is 5.56 Å². The highest BCUT2D eigenvalue weighted by atomic mass is 35.5. The van der Waals surface area contributed by atoms with Crippen LogP contribution in [0.3, 0.4) is 0 Å². The van der Waals surface area contributed by atoms with Crippen molar-refractivity contribution in [1.82, 2.24) is 10.3 Å². The standard InChI is InChI=1S/C18H15ClN4O2/c19-13-3-1-2-12(8-13)9-16(24)22-14-4-7-21-15(10-14)17(25)23-18(11-20)5-6-18/h1-4,7-8,10H,5-6,9H2,(H,23,25)(H,21,22,24). The molecule has 0 radical (unpaired) electrons. The zero-order valence-electron chi connectivity index (χ0n) is 13.3. The molecule has 1 aromatic carbocycles. The predicted octanol–water partition coefficient (Wildman–Crippen LogP) is 2.70. The number of nitrogens with one attached hydrogen (secondary N) is 2. The fourth-order valence-electron chi connectivity index (χ4n) is 2.34.